The van der Waals surface area contributed by atoms with Gasteiger partial charge in [0.2, 0.25) is 11.8 Å². The highest BCUT2D eigenvalue weighted by molar-refractivity contribution is 6.02. The summed E-state index contributed by atoms with van der Waals surface area (Å²) in [4.78, 5) is 36.3. The van der Waals surface area contributed by atoms with E-state index in [0.717, 1.165) is 4.90 Å². The zero-order valence-corrected chi connectivity index (χ0v) is 13.8. The van der Waals surface area contributed by atoms with Crippen molar-refractivity contribution < 1.29 is 23.5 Å². The molecule has 0 radical (unpaired) electrons. The van der Waals surface area contributed by atoms with Crippen LogP contribution in [0, 0.1) is 5.82 Å². The molecule has 0 aromatic heterocycles. The van der Waals surface area contributed by atoms with Gasteiger partial charge in [-0.05, 0) is 36.4 Å². The summed E-state index contributed by atoms with van der Waals surface area (Å²) >= 11 is 0. The van der Waals surface area contributed by atoms with Gasteiger partial charge in [-0.2, -0.15) is 0 Å². The van der Waals surface area contributed by atoms with Gasteiger partial charge in [0.05, 0.1) is 18.4 Å². The molecule has 0 atom stereocenters. The molecule has 0 spiro atoms. The van der Waals surface area contributed by atoms with Crippen LogP contribution in [0.15, 0.2) is 48.5 Å². The lowest BCUT2D eigenvalue weighted by Crippen LogP contribution is -2.37. The molecule has 0 aliphatic heterocycles. The van der Waals surface area contributed by atoms with Gasteiger partial charge in [-0.3, -0.25) is 9.59 Å². The van der Waals surface area contributed by atoms with E-state index in [1.807, 2.05) is 0 Å². The highest BCUT2D eigenvalue weighted by Crippen LogP contribution is 2.19. The molecule has 0 saturated heterocycles. The van der Waals surface area contributed by atoms with Crippen molar-refractivity contribution in [1.82, 2.24) is 0 Å². The number of rotatable bonds is 5. The molecule has 0 unspecified atom stereocenters. The van der Waals surface area contributed by atoms with Gasteiger partial charge >= 0.3 is 5.97 Å². The molecule has 2 rings (SSSR count). The van der Waals surface area contributed by atoms with Gasteiger partial charge in [-0.1, -0.05) is 12.1 Å². The molecule has 0 heterocycles. The molecule has 7 heteroatoms. The molecular formula is C18H17FN2O4. The number of methoxy groups -OCH3 is 1. The number of para-hydroxylation sites is 1. The Bertz CT molecular complexity index is 790. The van der Waals surface area contributed by atoms with E-state index in [0.29, 0.717) is 11.3 Å². The Balaban J connectivity index is 2.08. The van der Waals surface area contributed by atoms with Crippen molar-refractivity contribution in [2.24, 2.45) is 0 Å². The van der Waals surface area contributed by atoms with Crippen LogP contribution in [0.5, 0.6) is 0 Å². The van der Waals surface area contributed by atoms with Crippen molar-refractivity contribution in [3.63, 3.8) is 0 Å². The third-order valence-corrected chi connectivity index (χ3v) is 3.41. The lowest BCUT2D eigenvalue weighted by atomic mass is 10.2. The molecule has 2 amide bonds. The summed E-state index contributed by atoms with van der Waals surface area (Å²) in [6.45, 7) is 0.917. The summed E-state index contributed by atoms with van der Waals surface area (Å²) in [5.74, 6) is -2.03. The second-order valence-electron chi connectivity index (χ2n) is 5.17. The third kappa shape index (κ3) is 4.63. The standard InChI is InChI=1S/C18H17FN2O4/c1-12(22)21(16-6-4-3-5-15(16)19)11-17(23)20-14-9-7-13(8-10-14)18(24)25-2/h3-10H,11H2,1-2H3,(H,20,23). The van der Waals surface area contributed by atoms with Crippen LogP contribution in [0.3, 0.4) is 0 Å². The van der Waals surface area contributed by atoms with Crippen LogP contribution in [-0.2, 0) is 14.3 Å². The van der Waals surface area contributed by atoms with Crippen molar-refractivity contribution in [2.45, 2.75) is 6.92 Å². The lowest BCUT2D eigenvalue weighted by Gasteiger charge is -2.21. The van der Waals surface area contributed by atoms with Gasteiger partial charge in [-0.25, -0.2) is 9.18 Å². The summed E-state index contributed by atoms with van der Waals surface area (Å²) in [6.07, 6.45) is 0. The van der Waals surface area contributed by atoms with E-state index in [4.69, 9.17) is 0 Å². The maximum atomic E-state index is 13.9. The number of benzene rings is 2. The number of esters is 1. The fourth-order valence-corrected chi connectivity index (χ4v) is 2.19. The molecule has 130 valence electrons. The Morgan fingerprint density at radius 2 is 1.72 bits per heavy atom. The average molecular weight is 344 g/mol. The number of amides is 2. The molecule has 6 nitrogen and oxygen atoms in total. The fraction of sp³-hybridized carbons (Fsp3) is 0.167. The van der Waals surface area contributed by atoms with Gasteiger partial charge in [0.1, 0.15) is 12.4 Å². The van der Waals surface area contributed by atoms with Gasteiger partial charge in [0.15, 0.2) is 0 Å². The first-order valence-corrected chi connectivity index (χ1v) is 7.43. The van der Waals surface area contributed by atoms with Crippen molar-refractivity contribution in [3.8, 4) is 0 Å². The lowest BCUT2D eigenvalue weighted by molar-refractivity contribution is -0.120. The summed E-state index contributed by atoms with van der Waals surface area (Å²) in [6, 6.07) is 11.8. The van der Waals surface area contributed by atoms with E-state index >= 15 is 0 Å². The van der Waals surface area contributed by atoms with E-state index in [2.05, 4.69) is 10.1 Å². The normalized spacial score (nSPS) is 10.0. The van der Waals surface area contributed by atoms with Crippen LogP contribution in [0.2, 0.25) is 0 Å². The zero-order chi connectivity index (χ0) is 18.4. The highest BCUT2D eigenvalue weighted by Gasteiger charge is 2.19. The van der Waals surface area contributed by atoms with Crippen molar-refractivity contribution in [1.29, 1.82) is 0 Å². The van der Waals surface area contributed by atoms with Crippen LogP contribution in [-0.4, -0.2) is 31.4 Å². The number of nitrogens with one attached hydrogen (secondary N) is 1. The maximum Gasteiger partial charge on any atom is 0.337 e. The number of hydrogen-bond donors (Lipinski definition) is 1. The number of carbonyl (C=O) groups is 3. The minimum Gasteiger partial charge on any atom is -0.465 e. The first-order chi connectivity index (χ1) is 11.9. The summed E-state index contributed by atoms with van der Waals surface area (Å²) < 4.78 is 18.5. The number of ether oxygens (including phenoxy) is 1. The van der Waals surface area contributed by atoms with Crippen LogP contribution in [0.1, 0.15) is 17.3 Å². The summed E-state index contributed by atoms with van der Waals surface area (Å²) in [7, 11) is 1.27. The summed E-state index contributed by atoms with van der Waals surface area (Å²) in [5, 5.41) is 2.59. The van der Waals surface area contributed by atoms with E-state index in [1.165, 1.54) is 56.5 Å². The molecule has 0 aliphatic carbocycles. The number of carbonyl (C=O) groups excluding carboxylic acids is 3. The minimum atomic E-state index is -0.590. The fourth-order valence-electron chi connectivity index (χ4n) is 2.19. The monoisotopic (exact) mass is 344 g/mol. The smallest absolute Gasteiger partial charge is 0.337 e. The van der Waals surface area contributed by atoms with Crippen LogP contribution < -0.4 is 10.2 Å². The molecule has 25 heavy (non-hydrogen) atoms. The second kappa shape index (κ2) is 8.05. The molecule has 0 fully saturated rings. The highest BCUT2D eigenvalue weighted by atomic mass is 19.1. The van der Waals surface area contributed by atoms with E-state index in [9.17, 15) is 18.8 Å². The average Bonchev–Trinajstić information content (AvgIpc) is 2.60. The van der Waals surface area contributed by atoms with E-state index in [1.54, 1.807) is 6.07 Å². The third-order valence-electron chi connectivity index (χ3n) is 3.41. The Kier molecular flexibility index (Phi) is 5.84. The molecule has 0 saturated carbocycles. The number of halogens is 1. The van der Waals surface area contributed by atoms with Crippen LogP contribution in [0.25, 0.3) is 0 Å². The topological polar surface area (TPSA) is 75.7 Å². The zero-order valence-electron chi connectivity index (χ0n) is 13.8. The molecule has 0 bridgehead atoms. The van der Waals surface area contributed by atoms with E-state index in [-0.39, 0.29) is 12.2 Å². The van der Waals surface area contributed by atoms with E-state index < -0.39 is 23.6 Å². The van der Waals surface area contributed by atoms with Crippen molar-refractivity contribution in [3.05, 3.63) is 59.9 Å². The number of anilines is 2. The van der Waals surface area contributed by atoms with Crippen LogP contribution in [0.4, 0.5) is 15.8 Å². The first kappa shape index (κ1) is 18.1. The second-order valence-corrected chi connectivity index (χ2v) is 5.17. The molecule has 2 aromatic carbocycles. The molecule has 0 aliphatic rings. The molecule has 2 aromatic rings. The van der Waals surface area contributed by atoms with Crippen molar-refractivity contribution in [2.75, 3.05) is 23.9 Å². The van der Waals surface area contributed by atoms with Gasteiger partial charge in [-0.15, -0.1) is 0 Å². The Labute approximate surface area is 144 Å². The predicted octanol–water partition coefficient (Wildman–Crippen LogP) is 2.60. The molecule has 1 N–H and O–H groups in total. The first-order valence-electron chi connectivity index (χ1n) is 7.43. The van der Waals surface area contributed by atoms with Gasteiger partial charge < -0.3 is 15.0 Å². The Morgan fingerprint density at radius 1 is 1.08 bits per heavy atom. The maximum absolute atomic E-state index is 13.9. The van der Waals surface area contributed by atoms with Gasteiger partial charge in [0.25, 0.3) is 0 Å². The predicted molar refractivity (Wildman–Crippen MR) is 90.8 cm³/mol. The van der Waals surface area contributed by atoms with Crippen molar-refractivity contribution >= 4 is 29.2 Å². The SMILES string of the molecule is COC(=O)c1ccc(NC(=O)CN(C(C)=O)c2ccccc2F)cc1. The molecular weight excluding hydrogens is 327 g/mol. The Morgan fingerprint density at radius 3 is 2.28 bits per heavy atom. The van der Waals surface area contributed by atoms with Crippen LogP contribution >= 0.6 is 0 Å². The minimum absolute atomic E-state index is 0.0335. The largest absolute Gasteiger partial charge is 0.465 e. The quantitative estimate of drug-likeness (QED) is 0.846. The number of hydrogen-bond acceptors (Lipinski definition) is 4. The Hall–Kier alpha value is -3.22. The number of nitrogens with zero attached hydrogens (tertiary/aromatic N) is 1. The summed E-state index contributed by atoms with van der Waals surface area (Å²) in [5.41, 5.74) is 0.818. The van der Waals surface area contributed by atoms with Gasteiger partial charge in [0, 0.05) is 12.6 Å².